The fraction of sp³-hybridized carbons (Fsp3) is 0.833. The molecule has 2 N–H and O–H groups in total. The first kappa shape index (κ1) is 14.1. The minimum absolute atomic E-state index is 0.0446. The van der Waals surface area contributed by atoms with E-state index in [2.05, 4.69) is 5.32 Å². The number of nitrogens with one attached hydrogen (secondary N) is 1. The number of urea groups is 1. The van der Waals surface area contributed by atoms with E-state index in [-0.39, 0.29) is 24.7 Å². The molecule has 108 valence electrons. The van der Waals surface area contributed by atoms with Gasteiger partial charge in [-0.25, -0.2) is 4.79 Å². The van der Waals surface area contributed by atoms with Gasteiger partial charge in [-0.3, -0.25) is 9.69 Å². The molecule has 2 saturated heterocycles. The molecule has 2 unspecified atom stereocenters. The van der Waals surface area contributed by atoms with E-state index in [1.165, 1.54) is 0 Å². The molecule has 2 aliphatic rings. The minimum atomic E-state index is -0.824. The van der Waals surface area contributed by atoms with Crippen LogP contribution in [-0.2, 0) is 9.53 Å². The Labute approximate surface area is 112 Å². The number of amides is 2. The molecule has 0 bridgehead atoms. The first-order valence-electron chi connectivity index (χ1n) is 6.67. The van der Waals surface area contributed by atoms with Crippen molar-refractivity contribution in [3.05, 3.63) is 0 Å². The lowest BCUT2D eigenvalue weighted by Gasteiger charge is -2.34. The number of carboxylic acids is 1. The summed E-state index contributed by atoms with van der Waals surface area (Å²) in [7, 11) is 0. The van der Waals surface area contributed by atoms with Gasteiger partial charge in [0.2, 0.25) is 0 Å². The quantitative estimate of drug-likeness (QED) is 0.728. The maximum absolute atomic E-state index is 12.1. The Bertz CT molecular complexity index is 342. The van der Waals surface area contributed by atoms with E-state index in [9.17, 15) is 9.59 Å². The lowest BCUT2D eigenvalue weighted by molar-refractivity contribution is -0.138. The second-order valence-corrected chi connectivity index (χ2v) is 5.08. The highest BCUT2D eigenvalue weighted by molar-refractivity contribution is 5.75. The van der Waals surface area contributed by atoms with Crippen LogP contribution in [0, 0.1) is 0 Å². The average Bonchev–Trinajstić information content (AvgIpc) is 2.75. The summed E-state index contributed by atoms with van der Waals surface area (Å²) in [6.07, 6.45) is 0.920. The van der Waals surface area contributed by atoms with Gasteiger partial charge >= 0.3 is 12.0 Å². The number of carbonyl (C=O) groups is 2. The molecule has 0 saturated carbocycles. The molecule has 7 heteroatoms. The van der Waals surface area contributed by atoms with Crippen LogP contribution in [-0.4, -0.2) is 78.4 Å². The summed E-state index contributed by atoms with van der Waals surface area (Å²) in [5.74, 6) is -0.824. The van der Waals surface area contributed by atoms with Crippen LogP contribution in [0.4, 0.5) is 4.79 Å². The van der Waals surface area contributed by atoms with Crippen molar-refractivity contribution >= 4 is 12.0 Å². The molecule has 2 fully saturated rings. The molecule has 2 aliphatic heterocycles. The van der Waals surface area contributed by atoms with Gasteiger partial charge in [-0.05, 0) is 13.3 Å². The maximum atomic E-state index is 12.1. The number of hydrogen-bond acceptors (Lipinski definition) is 4. The van der Waals surface area contributed by atoms with Gasteiger partial charge in [-0.2, -0.15) is 0 Å². The molecule has 2 amide bonds. The molecule has 0 aliphatic carbocycles. The third kappa shape index (κ3) is 3.81. The van der Waals surface area contributed by atoms with Crippen LogP contribution in [0.25, 0.3) is 0 Å². The fourth-order valence-corrected chi connectivity index (χ4v) is 2.47. The highest BCUT2D eigenvalue weighted by Gasteiger charge is 2.29. The molecule has 7 nitrogen and oxygen atoms in total. The predicted octanol–water partition coefficient (Wildman–Crippen LogP) is -0.424. The molecule has 0 aromatic heterocycles. The molecule has 0 radical (unpaired) electrons. The van der Waals surface area contributed by atoms with Crippen molar-refractivity contribution < 1.29 is 19.4 Å². The first-order chi connectivity index (χ1) is 9.06. The van der Waals surface area contributed by atoms with Gasteiger partial charge in [0.15, 0.2) is 0 Å². The van der Waals surface area contributed by atoms with Crippen molar-refractivity contribution in [3.8, 4) is 0 Å². The van der Waals surface area contributed by atoms with Crippen LogP contribution in [0.3, 0.4) is 0 Å². The summed E-state index contributed by atoms with van der Waals surface area (Å²) in [6, 6.07) is 0.0156. The Morgan fingerprint density at radius 2 is 2.00 bits per heavy atom. The number of carbonyl (C=O) groups excluding carboxylic acids is 1. The van der Waals surface area contributed by atoms with Gasteiger partial charge in [0.05, 0.1) is 18.7 Å². The molecule has 0 aromatic rings. The van der Waals surface area contributed by atoms with Gasteiger partial charge in [0.25, 0.3) is 0 Å². The lowest BCUT2D eigenvalue weighted by Crippen LogP contribution is -2.54. The Hall–Kier alpha value is -1.34. The van der Waals surface area contributed by atoms with Crippen molar-refractivity contribution in [2.45, 2.75) is 25.5 Å². The van der Waals surface area contributed by atoms with E-state index in [0.29, 0.717) is 32.8 Å². The zero-order chi connectivity index (χ0) is 13.8. The zero-order valence-corrected chi connectivity index (χ0v) is 11.2. The van der Waals surface area contributed by atoms with Crippen molar-refractivity contribution in [3.63, 3.8) is 0 Å². The monoisotopic (exact) mass is 271 g/mol. The summed E-state index contributed by atoms with van der Waals surface area (Å²) >= 11 is 0. The predicted molar refractivity (Wildman–Crippen MR) is 68.0 cm³/mol. The van der Waals surface area contributed by atoms with E-state index in [4.69, 9.17) is 9.84 Å². The SMILES string of the molecule is CC1OCCC1NC(=O)N1CCN(CC(=O)O)CC1. The van der Waals surface area contributed by atoms with E-state index in [1.54, 1.807) is 4.90 Å². The molecular formula is C12H21N3O4. The van der Waals surface area contributed by atoms with Crippen molar-refractivity contribution in [1.29, 1.82) is 0 Å². The van der Waals surface area contributed by atoms with Gasteiger partial charge < -0.3 is 20.1 Å². The fourth-order valence-electron chi connectivity index (χ4n) is 2.47. The summed E-state index contributed by atoms with van der Waals surface area (Å²) in [5, 5.41) is 11.7. The van der Waals surface area contributed by atoms with Crippen LogP contribution < -0.4 is 5.32 Å². The Morgan fingerprint density at radius 3 is 2.53 bits per heavy atom. The number of ether oxygens (including phenoxy) is 1. The molecule has 2 heterocycles. The average molecular weight is 271 g/mol. The highest BCUT2D eigenvalue weighted by atomic mass is 16.5. The summed E-state index contributed by atoms with van der Waals surface area (Å²) in [6.45, 7) is 5.05. The number of rotatable bonds is 3. The van der Waals surface area contributed by atoms with Crippen LogP contribution in [0.1, 0.15) is 13.3 Å². The summed E-state index contributed by atoms with van der Waals surface area (Å²) < 4.78 is 5.41. The first-order valence-corrected chi connectivity index (χ1v) is 6.67. The van der Waals surface area contributed by atoms with Crippen molar-refractivity contribution in [2.75, 3.05) is 39.3 Å². The lowest BCUT2D eigenvalue weighted by atomic mass is 10.1. The summed E-state index contributed by atoms with van der Waals surface area (Å²) in [4.78, 5) is 26.2. The number of aliphatic carboxylic acids is 1. The standard InChI is InChI=1S/C12H21N3O4/c1-9-10(2-7-19-9)13-12(18)15-5-3-14(4-6-15)8-11(16)17/h9-10H,2-8H2,1H3,(H,13,18)(H,16,17). The normalized spacial score (nSPS) is 28.4. The van der Waals surface area contributed by atoms with E-state index in [0.717, 1.165) is 6.42 Å². The van der Waals surface area contributed by atoms with Crippen LogP contribution in [0.2, 0.25) is 0 Å². The third-order valence-electron chi connectivity index (χ3n) is 3.70. The van der Waals surface area contributed by atoms with Gasteiger partial charge in [-0.1, -0.05) is 0 Å². The second-order valence-electron chi connectivity index (χ2n) is 5.08. The van der Waals surface area contributed by atoms with Crippen LogP contribution in [0.15, 0.2) is 0 Å². The second kappa shape index (κ2) is 6.21. The zero-order valence-electron chi connectivity index (χ0n) is 11.2. The van der Waals surface area contributed by atoms with E-state index in [1.807, 2.05) is 11.8 Å². The smallest absolute Gasteiger partial charge is 0.317 e. The molecule has 0 spiro atoms. The highest BCUT2D eigenvalue weighted by Crippen LogP contribution is 2.13. The molecule has 2 atom stereocenters. The number of hydrogen-bond donors (Lipinski definition) is 2. The number of piperazine rings is 1. The third-order valence-corrected chi connectivity index (χ3v) is 3.70. The van der Waals surface area contributed by atoms with E-state index < -0.39 is 5.97 Å². The molecular weight excluding hydrogens is 250 g/mol. The van der Waals surface area contributed by atoms with Crippen LogP contribution >= 0.6 is 0 Å². The van der Waals surface area contributed by atoms with Gasteiger partial charge in [-0.15, -0.1) is 0 Å². The molecule has 0 aromatic carbocycles. The molecule has 2 rings (SSSR count). The van der Waals surface area contributed by atoms with Gasteiger partial charge in [0, 0.05) is 32.8 Å². The van der Waals surface area contributed by atoms with Gasteiger partial charge in [0.1, 0.15) is 0 Å². The Balaban J connectivity index is 1.74. The largest absolute Gasteiger partial charge is 0.480 e. The number of carboxylic acid groups (broad SMARTS) is 1. The topological polar surface area (TPSA) is 82.1 Å². The number of nitrogens with zero attached hydrogens (tertiary/aromatic N) is 2. The summed E-state index contributed by atoms with van der Waals surface area (Å²) in [5.41, 5.74) is 0. The Morgan fingerprint density at radius 1 is 1.32 bits per heavy atom. The van der Waals surface area contributed by atoms with Crippen molar-refractivity contribution in [2.24, 2.45) is 0 Å². The Kier molecular flexibility index (Phi) is 4.60. The van der Waals surface area contributed by atoms with Crippen molar-refractivity contribution in [1.82, 2.24) is 15.1 Å². The molecule has 19 heavy (non-hydrogen) atoms. The minimum Gasteiger partial charge on any atom is -0.480 e. The van der Waals surface area contributed by atoms with E-state index >= 15 is 0 Å². The van der Waals surface area contributed by atoms with Crippen LogP contribution in [0.5, 0.6) is 0 Å². The maximum Gasteiger partial charge on any atom is 0.317 e.